The number of imidazole rings is 1. The van der Waals surface area contributed by atoms with Gasteiger partial charge in [-0.1, -0.05) is 0 Å². The molecule has 0 fully saturated rings. The number of anilines is 1. The van der Waals surface area contributed by atoms with Crippen LogP contribution in [0.5, 0.6) is 0 Å². The Morgan fingerprint density at radius 3 is 2.87 bits per heavy atom. The summed E-state index contributed by atoms with van der Waals surface area (Å²) in [6.07, 6.45) is 6.26. The molecular formula is C11H22N4. The summed E-state index contributed by atoms with van der Waals surface area (Å²) in [4.78, 5) is 6.48. The van der Waals surface area contributed by atoms with E-state index in [9.17, 15) is 0 Å². The van der Waals surface area contributed by atoms with Gasteiger partial charge in [0.1, 0.15) is 0 Å². The monoisotopic (exact) mass is 210 g/mol. The largest absolute Gasteiger partial charge is 0.356 e. The van der Waals surface area contributed by atoms with Crippen molar-refractivity contribution in [3.8, 4) is 0 Å². The molecule has 1 N–H and O–H groups in total. The number of hydrogen-bond donors (Lipinski definition) is 1. The van der Waals surface area contributed by atoms with Crippen molar-refractivity contribution in [1.82, 2.24) is 14.5 Å². The van der Waals surface area contributed by atoms with Gasteiger partial charge in [-0.05, 0) is 40.4 Å². The molecule has 1 aromatic heterocycles. The van der Waals surface area contributed by atoms with Crippen molar-refractivity contribution in [3.63, 3.8) is 0 Å². The first-order chi connectivity index (χ1) is 7.24. The highest BCUT2D eigenvalue weighted by Gasteiger charge is 1.98. The molecule has 1 rings (SSSR count). The lowest BCUT2D eigenvalue weighted by Crippen LogP contribution is -2.15. The van der Waals surface area contributed by atoms with Gasteiger partial charge in [0.2, 0.25) is 5.95 Å². The van der Waals surface area contributed by atoms with Gasteiger partial charge < -0.3 is 14.8 Å². The Balaban J connectivity index is 2.15. The van der Waals surface area contributed by atoms with Crippen LogP contribution in [0, 0.1) is 0 Å². The van der Waals surface area contributed by atoms with Crippen LogP contribution in [0.15, 0.2) is 12.4 Å². The van der Waals surface area contributed by atoms with Crippen LogP contribution in [0.3, 0.4) is 0 Å². The lowest BCUT2D eigenvalue weighted by Gasteiger charge is -2.10. The maximum Gasteiger partial charge on any atom is 0.202 e. The summed E-state index contributed by atoms with van der Waals surface area (Å²) in [6.45, 7) is 5.26. The predicted molar refractivity (Wildman–Crippen MR) is 64.2 cm³/mol. The minimum Gasteiger partial charge on any atom is -0.356 e. The van der Waals surface area contributed by atoms with Crippen LogP contribution in [0.25, 0.3) is 0 Å². The number of aryl methyl sites for hydroxylation is 1. The molecule has 0 aliphatic rings. The summed E-state index contributed by atoms with van der Waals surface area (Å²) in [7, 11) is 4.22. The highest BCUT2D eigenvalue weighted by molar-refractivity contribution is 5.25. The number of nitrogens with one attached hydrogen (secondary N) is 1. The van der Waals surface area contributed by atoms with Crippen LogP contribution in [-0.4, -0.2) is 41.6 Å². The SMILES string of the molecule is CCn1ccnc1NCCCCN(C)C. The molecule has 0 saturated carbocycles. The van der Waals surface area contributed by atoms with E-state index in [1.54, 1.807) is 0 Å². The van der Waals surface area contributed by atoms with Crippen LogP contribution >= 0.6 is 0 Å². The minimum absolute atomic E-state index is 0.972. The third-order valence-electron chi connectivity index (χ3n) is 2.37. The Morgan fingerprint density at radius 1 is 1.40 bits per heavy atom. The third-order valence-corrected chi connectivity index (χ3v) is 2.37. The first-order valence-corrected chi connectivity index (χ1v) is 5.63. The summed E-state index contributed by atoms with van der Waals surface area (Å²) >= 11 is 0. The zero-order valence-corrected chi connectivity index (χ0v) is 10.0. The molecule has 0 atom stereocenters. The molecule has 0 aliphatic heterocycles. The van der Waals surface area contributed by atoms with E-state index in [1.165, 1.54) is 12.8 Å². The highest BCUT2D eigenvalue weighted by atomic mass is 15.2. The van der Waals surface area contributed by atoms with Crippen LogP contribution in [0.4, 0.5) is 5.95 Å². The van der Waals surface area contributed by atoms with Gasteiger partial charge in [0.15, 0.2) is 0 Å². The zero-order chi connectivity index (χ0) is 11.1. The third kappa shape index (κ3) is 4.34. The summed E-state index contributed by atoms with van der Waals surface area (Å²) in [5, 5.41) is 3.35. The van der Waals surface area contributed by atoms with Gasteiger partial charge in [0, 0.05) is 25.5 Å². The van der Waals surface area contributed by atoms with Crippen molar-refractivity contribution in [2.24, 2.45) is 0 Å². The molecule has 0 saturated heterocycles. The predicted octanol–water partition coefficient (Wildman–Crippen LogP) is 1.66. The number of rotatable bonds is 7. The minimum atomic E-state index is 0.972. The van der Waals surface area contributed by atoms with Crippen molar-refractivity contribution in [3.05, 3.63) is 12.4 Å². The molecule has 0 spiro atoms. The molecule has 86 valence electrons. The molecule has 1 aromatic rings. The molecule has 1 heterocycles. The highest BCUT2D eigenvalue weighted by Crippen LogP contribution is 2.03. The lowest BCUT2D eigenvalue weighted by atomic mass is 10.3. The second-order valence-electron chi connectivity index (χ2n) is 3.97. The number of nitrogens with zero attached hydrogens (tertiary/aromatic N) is 3. The van der Waals surface area contributed by atoms with Crippen LogP contribution in [-0.2, 0) is 6.54 Å². The van der Waals surface area contributed by atoms with E-state index < -0.39 is 0 Å². The quantitative estimate of drug-likeness (QED) is 0.695. The average Bonchev–Trinajstić information content (AvgIpc) is 2.64. The van der Waals surface area contributed by atoms with Crippen molar-refractivity contribution >= 4 is 5.95 Å². The Labute approximate surface area is 92.3 Å². The molecule has 0 unspecified atom stereocenters. The fraction of sp³-hybridized carbons (Fsp3) is 0.727. The molecule has 4 nitrogen and oxygen atoms in total. The number of aromatic nitrogens is 2. The van der Waals surface area contributed by atoms with Crippen molar-refractivity contribution < 1.29 is 0 Å². The molecule has 0 radical (unpaired) electrons. The molecule has 0 amide bonds. The maximum absolute atomic E-state index is 4.26. The Morgan fingerprint density at radius 2 is 2.20 bits per heavy atom. The van der Waals surface area contributed by atoms with Crippen LogP contribution in [0.2, 0.25) is 0 Å². The van der Waals surface area contributed by atoms with Gasteiger partial charge in [-0.15, -0.1) is 0 Å². The molecule has 15 heavy (non-hydrogen) atoms. The van der Waals surface area contributed by atoms with Crippen molar-refractivity contribution in [1.29, 1.82) is 0 Å². The number of hydrogen-bond acceptors (Lipinski definition) is 3. The first-order valence-electron chi connectivity index (χ1n) is 5.63. The van der Waals surface area contributed by atoms with Gasteiger partial charge in [-0.25, -0.2) is 4.98 Å². The van der Waals surface area contributed by atoms with E-state index in [0.717, 1.165) is 25.6 Å². The van der Waals surface area contributed by atoms with Crippen LogP contribution in [0.1, 0.15) is 19.8 Å². The van der Waals surface area contributed by atoms with Gasteiger partial charge in [0.05, 0.1) is 0 Å². The molecule has 0 aliphatic carbocycles. The van der Waals surface area contributed by atoms with Crippen molar-refractivity contribution in [2.75, 3.05) is 32.5 Å². The van der Waals surface area contributed by atoms with Gasteiger partial charge >= 0.3 is 0 Å². The van der Waals surface area contributed by atoms with Crippen molar-refractivity contribution in [2.45, 2.75) is 26.3 Å². The van der Waals surface area contributed by atoms with Crippen LogP contribution < -0.4 is 5.32 Å². The van der Waals surface area contributed by atoms with E-state index in [4.69, 9.17) is 0 Å². The average molecular weight is 210 g/mol. The fourth-order valence-corrected chi connectivity index (χ4v) is 1.48. The summed E-state index contributed by atoms with van der Waals surface area (Å²) in [6, 6.07) is 0. The lowest BCUT2D eigenvalue weighted by molar-refractivity contribution is 0.396. The second-order valence-corrected chi connectivity index (χ2v) is 3.97. The zero-order valence-electron chi connectivity index (χ0n) is 10.0. The summed E-state index contributed by atoms with van der Waals surface area (Å²) < 4.78 is 2.12. The summed E-state index contributed by atoms with van der Waals surface area (Å²) in [5.74, 6) is 0.988. The van der Waals surface area contributed by atoms with Gasteiger partial charge in [-0.3, -0.25) is 0 Å². The standard InChI is InChI=1S/C11H22N4/c1-4-15-10-8-13-11(15)12-7-5-6-9-14(2)3/h8,10H,4-7,9H2,1-3H3,(H,12,13). The molecule has 4 heteroatoms. The molecule has 0 aromatic carbocycles. The normalized spacial score (nSPS) is 10.9. The fourth-order valence-electron chi connectivity index (χ4n) is 1.48. The van der Waals surface area contributed by atoms with E-state index in [1.807, 2.05) is 12.4 Å². The van der Waals surface area contributed by atoms with E-state index in [-0.39, 0.29) is 0 Å². The van der Waals surface area contributed by atoms with E-state index >= 15 is 0 Å². The second kappa shape index (κ2) is 6.45. The molecule has 0 bridgehead atoms. The van der Waals surface area contributed by atoms with Gasteiger partial charge in [-0.2, -0.15) is 0 Å². The Hall–Kier alpha value is -1.03. The maximum atomic E-state index is 4.26. The van der Waals surface area contributed by atoms with Gasteiger partial charge in [0.25, 0.3) is 0 Å². The summed E-state index contributed by atoms with van der Waals surface area (Å²) in [5.41, 5.74) is 0. The number of unbranched alkanes of at least 4 members (excludes halogenated alkanes) is 1. The Bertz CT molecular complexity index is 267. The van der Waals surface area contributed by atoms with E-state index in [2.05, 4.69) is 40.8 Å². The topological polar surface area (TPSA) is 33.1 Å². The molecular weight excluding hydrogens is 188 g/mol. The van der Waals surface area contributed by atoms with E-state index in [0.29, 0.717) is 0 Å². The first kappa shape index (κ1) is 12.0. The smallest absolute Gasteiger partial charge is 0.202 e. The Kier molecular flexibility index (Phi) is 5.18.